The van der Waals surface area contributed by atoms with Crippen LogP contribution in [0.15, 0.2) is 23.0 Å². The van der Waals surface area contributed by atoms with Crippen LogP contribution in [-0.2, 0) is 5.54 Å². The molecule has 1 saturated heterocycles. The number of aromatic amines is 1. The Bertz CT molecular complexity index is 1150. The number of pyridine rings is 1. The molecule has 4 heterocycles. The third kappa shape index (κ3) is 3.67. The van der Waals surface area contributed by atoms with Gasteiger partial charge in [-0.25, -0.2) is 4.68 Å². The van der Waals surface area contributed by atoms with Gasteiger partial charge in [0.05, 0.1) is 11.1 Å². The van der Waals surface area contributed by atoms with E-state index in [-0.39, 0.29) is 23.9 Å². The van der Waals surface area contributed by atoms with Gasteiger partial charge in [-0.15, -0.1) is 5.10 Å². The molecule has 2 aliphatic heterocycles. The highest BCUT2D eigenvalue weighted by atomic mass is 16.7. The van der Waals surface area contributed by atoms with E-state index in [1.165, 1.54) is 12.8 Å². The average molecular weight is 425 g/mol. The molecule has 1 fully saturated rings. The molecule has 1 atom stereocenters. The van der Waals surface area contributed by atoms with Crippen LogP contribution in [0.3, 0.4) is 0 Å². The number of fused-ring (bicyclic) bond motifs is 2. The van der Waals surface area contributed by atoms with Crippen molar-refractivity contribution in [3.05, 3.63) is 39.9 Å². The molecule has 9 nitrogen and oxygen atoms in total. The second-order valence-electron chi connectivity index (χ2n) is 9.32. The van der Waals surface area contributed by atoms with Gasteiger partial charge in [-0.2, -0.15) is 0 Å². The highest BCUT2D eigenvalue weighted by molar-refractivity contribution is 5.83. The lowest BCUT2D eigenvalue weighted by molar-refractivity contribution is 0.174. The van der Waals surface area contributed by atoms with Crippen LogP contribution in [0.2, 0.25) is 0 Å². The first-order valence-corrected chi connectivity index (χ1v) is 10.9. The van der Waals surface area contributed by atoms with E-state index in [1.807, 2.05) is 22.9 Å². The number of rotatable bonds is 3. The zero-order valence-corrected chi connectivity index (χ0v) is 18.2. The van der Waals surface area contributed by atoms with E-state index in [1.54, 1.807) is 0 Å². The molecule has 2 aliphatic rings. The van der Waals surface area contributed by atoms with Crippen molar-refractivity contribution in [2.45, 2.75) is 58.0 Å². The molecule has 2 aromatic heterocycles. The van der Waals surface area contributed by atoms with E-state index < -0.39 is 0 Å². The number of hydrogen-bond donors (Lipinski definition) is 1. The zero-order chi connectivity index (χ0) is 21.6. The fraction of sp³-hybridized carbons (Fsp3) is 0.545. The minimum absolute atomic E-state index is 0.135. The number of tetrazole rings is 1. The van der Waals surface area contributed by atoms with Crippen molar-refractivity contribution in [1.82, 2.24) is 30.1 Å². The number of likely N-dealkylation sites (tertiary alicyclic amines) is 1. The lowest BCUT2D eigenvalue weighted by atomic mass is 10.0. The Balaban J connectivity index is 1.68. The van der Waals surface area contributed by atoms with Gasteiger partial charge in [0.15, 0.2) is 17.3 Å². The molecule has 0 saturated carbocycles. The third-order valence-electron chi connectivity index (χ3n) is 6.04. The van der Waals surface area contributed by atoms with Crippen molar-refractivity contribution in [3.63, 3.8) is 0 Å². The molecule has 0 spiro atoms. The van der Waals surface area contributed by atoms with E-state index in [0.717, 1.165) is 36.8 Å². The molecule has 3 aromatic rings. The highest BCUT2D eigenvalue weighted by Crippen LogP contribution is 2.37. The molecule has 0 amide bonds. The van der Waals surface area contributed by atoms with Crippen LogP contribution in [0.25, 0.3) is 10.9 Å². The van der Waals surface area contributed by atoms with Crippen LogP contribution in [0.4, 0.5) is 0 Å². The van der Waals surface area contributed by atoms with Gasteiger partial charge in [-0.1, -0.05) is 12.8 Å². The zero-order valence-electron chi connectivity index (χ0n) is 18.2. The van der Waals surface area contributed by atoms with Crippen LogP contribution < -0.4 is 15.0 Å². The number of H-pyrrole nitrogens is 1. The van der Waals surface area contributed by atoms with Gasteiger partial charge < -0.3 is 14.5 Å². The van der Waals surface area contributed by atoms with E-state index in [0.29, 0.717) is 22.9 Å². The molecule has 0 bridgehead atoms. The van der Waals surface area contributed by atoms with Crippen molar-refractivity contribution < 1.29 is 9.47 Å². The Hall–Kier alpha value is -2.94. The van der Waals surface area contributed by atoms with E-state index in [4.69, 9.17) is 9.47 Å². The van der Waals surface area contributed by atoms with Crippen LogP contribution in [0, 0.1) is 0 Å². The van der Waals surface area contributed by atoms with Crippen LogP contribution in [-0.4, -0.2) is 50.0 Å². The monoisotopic (exact) mass is 424 g/mol. The van der Waals surface area contributed by atoms with Gasteiger partial charge in [0, 0.05) is 17.0 Å². The first-order valence-electron chi connectivity index (χ1n) is 10.9. The van der Waals surface area contributed by atoms with Crippen molar-refractivity contribution in [2.24, 2.45) is 0 Å². The third-order valence-corrected chi connectivity index (χ3v) is 6.04. The minimum atomic E-state index is -0.328. The highest BCUT2D eigenvalue weighted by Gasteiger charge is 2.33. The van der Waals surface area contributed by atoms with Gasteiger partial charge in [-0.05, 0) is 69.3 Å². The number of hydrogen-bond acceptors (Lipinski definition) is 7. The maximum atomic E-state index is 13.3. The van der Waals surface area contributed by atoms with Crippen LogP contribution in [0.1, 0.15) is 63.9 Å². The Morgan fingerprint density at radius 3 is 2.45 bits per heavy atom. The molecule has 0 aliphatic carbocycles. The summed E-state index contributed by atoms with van der Waals surface area (Å²) >= 11 is 0. The molecule has 1 aromatic carbocycles. The first kappa shape index (κ1) is 20.0. The Morgan fingerprint density at radius 2 is 1.74 bits per heavy atom. The number of aromatic nitrogens is 5. The summed E-state index contributed by atoms with van der Waals surface area (Å²) in [5.74, 6) is 2.04. The van der Waals surface area contributed by atoms with Gasteiger partial charge in [0.25, 0.3) is 5.56 Å². The van der Waals surface area contributed by atoms with Crippen LogP contribution >= 0.6 is 0 Å². The molecule has 1 N–H and O–H groups in total. The molecule has 9 heteroatoms. The molecule has 31 heavy (non-hydrogen) atoms. The molecule has 0 radical (unpaired) electrons. The van der Waals surface area contributed by atoms with E-state index in [2.05, 4.69) is 46.2 Å². The van der Waals surface area contributed by atoms with Crippen molar-refractivity contribution in [2.75, 3.05) is 19.9 Å². The summed E-state index contributed by atoms with van der Waals surface area (Å²) in [5.41, 5.74) is 0.930. The predicted molar refractivity (Wildman–Crippen MR) is 115 cm³/mol. The minimum Gasteiger partial charge on any atom is -0.454 e. The summed E-state index contributed by atoms with van der Waals surface area (Å²) in [5, 5.41) is 13.6. The topological polar surface area (TPSA) is 98.2 Å². The Labute approximate surface area is 180 Å². The number of nitrogens with one attached hydrogen (secondary N) is 1. The quantitative estimate of drug-likeness (QED) is 0.690. The standard InChI is InChI=1S/C22H28N6O3/c1-22(2,3)28-20(24-25-26-28)19(27-8-6-4-5-7-9-27)15-10-14-11-17-18(31-13-30-17)12-16(14)23-21(15)29/h10-12,19H,4-9,13H2,1-3H3,(H,23,29)/t19-/m1/s1. The second kappa shape index (κ2) is 7.64. The number of ether oxygens (including phenoxy) is 2. The predicted octanol–water partition coefficient (Wildman–Crippen LogP) is 2.96. The first-order chi connectivity index (χ1) is 14.9. The van der Waals surface area contributed by atoms with Gasteiger partial charge in [-0.3, -0.25) is 9.69 Å². The van der Waals surface area contributed by atoms with Gasteiger partial charge in [0.2, 0.25) is 6.79 Å². The van der Waals surface area contributed by atoms with E-state index >= 15 is 0 Å². The molecular formula is C22H28N6O3. The number of benzene rings is 1. The molecule has 5 rings (SSSR count). The summed E-state index contributed by atoms with van der Waals surface area (Å²) in [6, 6.07) is 5.37. The van der Waals surface area contributed by atoms with Crippen molar-refractivity contribution >= 4 is 10.9 Å². The average Bonchev–Trinajstić information content (AvgIpc) is 3.30. The summed E-state index contributed by atoms with van der Waals surface area (Å²) in [7, 11) is 0. The van der Waals surface area contributed by atoms with Gasteiger partial charge in [0.1, 0.15) is 6.04 Å². The maximum Gasteiger partial charge on any atom is 0.253 e. The summed E-state index contributed by atoms with van der Waals surface area (Å²) < 4.78 is 12.8. The van der Waals surface area contributed by atoms with Gasteiger partial charge >= 0.3 is 0 Å². The summed E-state index contributed by atoms with van der Waals surface area (Å²) in [4.78, 5) is 18.7. The molecular weight excluding hydrogens is 396 g/mol. The maximum absolute atomic E-state index is 13.3. The molecule has 164 valence electrons. The SMILES string of the molecule is CC(C)(C)n1nnnc1[C@@H](c1cc2cc3c(cc2[nH]c1=O)OCO3)N1CCCCCC1. The number of nitrogens with zero attached hydrogens (tertiary/aromatic N) is 5. The fourth-order valence-corrected chi connectivity index (χ4v) is 4.51. The summed E-state index contributed by atoms with van der Waals surface area (Å²) in [6.45, 7) is 8.20. The smallest absolute Gasteiger partial charge is 0.253 e. The van der Waals surface area contributed by atoms with Crippen LogP contribution in [0.5, 0.6) is 11.5 Å². The Kier molecular flexibility index (Phi) is 4.92. The Morgan fingerprint density at radius 1 is 1.03 bits per heavy atom. The summed E-state index contributed by atoms with van der Waals surface area (Å²) in [6.07, 6.45) is 4.59. The van der Waals surface area contributed by atoms with Crippen molar-refractivity contribution in [3.8, 4) is 11.5 Å². The second-order valence-corrected chi connectivity index (χ2v) is 9.32. The van der Waals surface area contributed by atoms with E-state index in [9.17, 15) is 4.79 Å². The fourth-order valence-electron chi connectivity index (χ4n) is 4.51. The van der Waals surface area contributed by atoms with Crippen molar-refractivity contribution in [1.29, 1.82) is 0 Å². The largest absolute Gasteiger partial charge is 0.454 e. The molecule has 0 unspecified atom stereocenters. The lowest BCUT2D eigenvalue weighted by Crippen LogP contribution is -2.38. The normalized spacial score (nSPS) is 18.3. The lowest BCUT2D eigenvalue weighted by Gasteiger charge is -2.31.